The number of hydrogen-bond acceptors (Lipinski definition) is 5. The molecule has 0 aliphatic carbocycles. The molecule has 0 spiro atoms. The van der Waals surface area contributed by atoms with Gasteiger partial charge in [0.2, 0.25) is 17.7 Å². The monoisotopic (exact) mass is 474 g/mol. The molecule has 1 fully saturated rings. The van der Waals surface area contributed by atoms with Crippen LogP contribution in [0.25, 0.3) is 5.69 Å². The van der Waals surface area contributed by atoms with Gasteiger partial charge in [0.25, 0.3) is 0 Å². The van der Waals surface area contributed by atoms with Crippen LogP contribution >= 0.6 is 0 Å². The van der Waals surface area contributed by atoms with Crippen LogP contribution in [0.2, 0.25) is 0 Å². The fourth-order valence-electron chi connectivity index (χ4n) is 4.55. The van der Waals surface area contributed by atoms with Gasteiger partial charge in [0.1, 0.15) is 0 Å². The Balaban J connectivity index is 1.51. The molecule has 3 amide bonds. The SMILES string of the molecule is COCCCN1C(=O)C[C@](CC(=O)N[C@H](C)c2cnn(-c3ccccc3)c2)(c2ccccc2)C1=O. The van der Waals surface area contributed by atoms with E-state index in [0.29, 0.717) is 18.6 Å². The second-order valence-corrected chi connectivity index (χ2v) is 8.84. The number of rotatable bonds is 10. The molecule has 0 radical (unpaired) electrons. The molecule has 1 saturated heterocycles. The average Bonchev–Trinajstić information content (AvgIpc) is 3.45. The molecule has 0 unspecified atom stereocenters. The maximum atomic E-state index is 13.6. The predicted octanol–water partition coefficient (Wildman–Crippen LogP) is 3.17. The zero-order valence-corrected chi connectivity index (χ0v) is 20.0. The Bertz CT molecular complexity index is 1180. The van der Waals surface area contributed by atoms with Crippen LogP contribution in [0.5, 0.6) is 0 Å². The van der Waals surface area contributed by atoms with Gasteiger partial charge < -0.3 is 10.1 Å². The summed E-state index contributed by atoms with van der Waals surface area (Å²) in [7, 11) is 1.58. The van der Waals surface area contributed by atoms with Crippen molar-refractivity contribution in [3.63, 3.8) is 0 Å². The van der Waals surface area contributed by atoms with Crippen LogP contribution < -0.4 is 5.32 Å². The van der Waals surface area contributed by atoms with Gasteiger partial charge in [-0.15, -0.1) is 0 Å². The normalized spacial score (nSPS) is 18.6. The third-order valence-corrected chi connectivity index (χ3v) is 6.43. The lowest BCUT2D eigenvalue weighted by Gasteiger charge is -2.27. The summed E-state index contributed by atoms with van der Waals surface area (Å²) in [6.07, 6.45) is 3.99. The molecule has 1 aromatic heterocycles. The van der Waals surface area contributed by atoms with E-state index >= 15 is 0 Å². The Labute approximate surface area is 204 Å². The number of imide groups is 1. The molecule has 1 aliphatic heterocycles. The molecule has 2 atom stereocenters. The molecule has 0 bridgehead atoms. The standard InChI is InChI=1S/C27H30N4O4/c1-20(21-18-28-31(19-21)23-12-7-4-8-13-23)29-24(32)16-27(22-10-5-3-6-11-22)17-25(33)30(26(27)34)14-9-15-35-2/h3-8,10-13,18-20H,9,14-17H2,1-2H3,(H,29,32)/t20-,27-/m1/s1. The van der Waals surface area contributed by atoms with Gasteiger partial charge in [0, 0.05) is 44.9 Å². The zero-order chi connectivity index (χ0) is 24.8. The van der Waals surface area contributed by atoms with E-state index in [1.165, 1.54) is 4.90 Å². The molecule has 4 rings (SSSR count). The maximum absolute atomic E-state index is 13.6. The zero-order valence-electron chi connectivity index (χ0n) is 20.0. The van der Waals surface area contributed by atoms with E-state index in [1.807, 2.05) is 73.8 Å². The Morgan fingerprint density at radius 1 is 1.11 bits per heavy atom. The molecule has 2 heterocycles. The molecule has 8 nitrogen and oxygen atoms in total. The van der Waals surface area contributed by atoms with Crippen molar-refractivity contribution in [3.05, 3.63) is 84.2 Å². The number of hydrogen-bond donors (Lipinski definition) is 1. The van der Waals surface area contributed by atoms with Crippen molar-refractivity contribution in [2.45, 2.75) is 37.6 Å². The van der Waals surface area contributed by atoms with Gasteiger partial charge in [0.15, 0.2) is 0 Å². The van der Waals surface area contributed by atoms with Gasteiger partial charge in [-0.05, 0) is 31.0 Å². The number of carbonyl (C=O) groups excluding carboxylic acids is 3. The topological polar surface area (TPSA) is 93.5 Å². The van der Waals surface area contributed by atoms with Crippen LogP contribution in [0.15, 0.2) is 73.1 Å². The van der Waals surface area contributed by atoms with Crippen LogP contribution in [-0.2, 0) is 24.5 Å². The summed E-state index contributed by atoms with van der Waals surface area (Å²) in [6.45, 7) is 2.60. The first-order valence-corrected chi connectivity index (χ1v) is 11.7. The quantitative estimate of drug-likeness (QED) is 0.360. The van der Waals surface area contributed by atoms with Crippen LogP contribution in [0.3, 0.4) is 0 Å². The average molecular weight is 475 g/mol. The summed E-state index contributed by atoms with van der Waals surface area (Å²) in [5, 5.41) is 7.39. The third kappa shape index (κ3) is 5.17. The molecular formula is C27H30N4O4. The summed E-state index contributed by atoms with van der Waals surface area (Å²) in [5.74, 6) is -0.891. The summed E-state index contributed by atoms with van der Waals surface area (Å²) >= 11 is 0. The van der Waals surface area contributed by atoms with Crippen molar-refractivity contribution in [3.8, 4) is 5.69 Å². The van der Waals surface area contributed by atoms with Crippen molar-refractivity contribution in [1.82, 2.24) is 20.0 Å². The van der Waals surface area contributed by atoms with Gasteiger partial charge in [-0.1, -0.05) is 48.5 Å². The number of methoxy groups -OCH3 is 1. The molecular weight excluding hydrogens is 444 g/mol. The van der Waals surface area contributed by atoms with Crippen molar-refractivity contribution >= 4 is 17.7 Å². The number of benzene rings is 2. The summed E-state index contributed by atoms with van der Waals surface area (Å²) in [4.78, 5) is 40.9. The molecule has 2 aromatic carbocycles. The Morgan fingerprint density at radius 3 is 2.49 bits per heavy atom. The Morgan fingerprint density at radius 2 is 1.80 bits per heavy atom. The number of nitrogens with zero attached hydrogens (tertiary/aromatic N) is 3. The number of carbonyl (C=O) groups is 3. The first kappa shape index (κ1) is 24.3. The summed E-state index contributed by atoms with van der Waals surface area (Å²) in [5.41, 5.74) is 1.21. The molecule has 1 aliphatic rings. The number of aromatic nitrogens is 2. The van der Waals surface area contributed by atoms with E-state index < -0.39 is 5.41 Å². The number of para-hydroxylation sites is 1. The highest BCUT2D eigenvalue weighted by molar-refractivity contribution is 6.10. The van der Waals surface area contributed by atoms with Crippen LogP contribution in [0, 0.1) is 0 Å². The highest BCUT2D eigenvalue weighted by atomic mass is 16.5. The van der Waals surface area contributed by atoms with Crippen LogP contribution in [0.4, 0.5) is 0 Å². The van der Waals surface area contributed by atoms with Crippen molar-refractivity contribution in [2.75, 3.05) is 20.3 Å². The lowest BCUT2D eigenvalue weighted by Crippen LogP contribution is -2.43. The molecule has 1 N–H and O–H groups in total. The van der Waals surface area contributed by atoms with Crippen molar-refractivity contribution in [1.29, 1.82) is 0 Å². The van der Waals surface area contributed by atoms with E-state index in [1.54, 1.807) is 18.0 Å². The van der Waals surface area contributed by atoms with Gasteiger partial charge in [-0.2, -0.15) is 5.10 Å². The molecule has 182 valence electrons. The first-order chi connectivity index (χ1) is 16.9. The van der Waals surface area contributed by atoms with E-state index in [2.05, 4.69) is 10.4 Å². The van der Waals surface area contributed by atoms with E-state index in [0.717, 1.165) is 11.3 Å². The minimum atomic E-state index is -1.22. The molecule has 0 saturated carbocycles. The van der Waals surface area contributed by atoms with Crippen molar-refractivity contribution < 1.29 is 19.1 Å². The predicted molar refractivity (Wildman–Crippen MR) is 131 cm³/mol. The first-order valence-electron chi connectivity index (χ1n) is 11.7. The molecule has 8 heteroatoms. The fourth-order valence-corrected chi connectivity index (χ4v) is 4.55. The van der Waals surface area contributed by atoms with Crippen LogP contribution in [0.1, 0.15) is 43.4 Å². The van der Waals surface area contributed by atoms with Crippen LogP contribution in [-0.4, -0.2) is 52.7 Å². The lowest BCUT2D eigenvalue weighted by molar-refractivity contribution is -0.141. The van der Waals surface area contributed by atoms with Gasteiger partial charge in [-0.25, -0.2) is 4.68 Å². The highest BCUT2D eigenvalue weighted by Gasteiger charge is 2.53. The minimum absolute atomic E-state index is 0.0312. The summed E-state index contributed by atoms with van der Waals surface area (Å²) in [6, 6.07) is 18.5. The maximum Gasteiger partial charge on any atom is 0.240 e. The lowest BCUT2D eigenvalue weighted by atomic mass is 9.75. The van der Waals surface area contributed by atoms with Gasteiger partial charge >= 0.3 is 0 Å². The second kappa shape index (κ2) is 10.7. The van der Waals surface area contributed by atoms with Gasteiger partial charge in [0.05, 0.1) is 23.3 Å². The van der Waals surface area contributed by atoms with E-state index in [4.69, 9.17) is 4.74 Å². The van der Waals surface area contributed by atoms with E-state index in [9.17, 15) is 14.4 Å². The minimum Gasteiger partial charge on any atom is -0.385 e. The molecule has 3 aromatic rings. The largest absolute Gasteiger partial charge is 0.385 e. The fraction of sp³-hybridized carbons (Fsp3) is 0.333. The Hall–Kier alpha value is -3.78. The Kier molecular flexibility index (Phi) is 7.41. The number of nitrogens with one attached hydrogen (secondary N) is 1. The number of ether oxygens (including phenoxy) is 1. The summed E-state index contributed by atoms with van der Waals surface area (Å²) < 4.78 is 6.82. The third-order valence-electron chi connectivity index (χ3n) is 6.43. The highest BCUT2D eigenvalue weighted by Crippen LogP contribution is 2.40. The number of likely N-dealkylation sites (tertiary alicyclic amines) is 1. The van der Waals surface area contributed by atoms with Crippen molar-refractivity contribution in [2.24, 2.45) is 0 Å². The second-order valence-electron chi connectivity index (χ2n) is 8.84. The van der Waals surface area contributed by atoms with E-state index in [-0.39, 0.29) is 43.1 Å². The molecule has 35 heavy (non-hydrogen) atoms. The smallest absolute Gasteiger partial charge is 0.240 e. The van der Waals surface area contributed by atoms with Gasteiger partial charge in [-0.3, -0.25) is 19.3 Å². The number of amides is 3.